The Hall–Kier alpha value is -1.81. The van der Waals surface area contributed by atoms with Gasteiger partial charge in [0.15, 0.2) is 0 Å². The molecule has 1 amide bonds. The highest BCUT2D eigenvalue weighted by Gasteiger charge is 2.28. The number of sulfonamides is 1. The van der Waals surface area contributed by atoms with E-state index in [1.807, 2.05) is 6.92 Å². The first-order chi connectivity index (χ1) is 11.5. The van der Waals surface area contributed by atoms with E-state index >= 15 is 0 Å². The lowest BCUT2D eigenvalue weighted by molar-refractivity contribution is 0.0731. The van der Waals surface area contributed by atoms with Crippen molar-refractivity contribution in [1.29, 1.82) is 0 Å². The van der Waals surface area contributed by atoms with Crippen molar-refractivity contribution in [2.45, 2.75) is 11.1 Å². The van der Waals surface area contributed by atoms with Crippen molar-refractivity contribution in [3.8, 4) is 0 Å². The molecule has 24 heavy (non-hydrogen) atoms. The van der Waals surface area contributed by atoms with Gasteiger partial charge in [0.2, 0.25) is 0 Å². The Morgan fingerprint density at radius 3 is 2.83 bits per heavy atom. The number of morpholine rings is 1. The van der Waals surface area contributed by atoms with Gasteiger partial charge in [0, 0.05) is 24.7 Å². The monoisotopic (exact) mass is 367 g/mol. The van der Waals surface area contributed by atoms with Crippen LogP contribution in [0.1, 0.15) is 15.9 Å². The molecule has 0 atom stereocenters. The number of carbonyl (C=O) groups is 1. The summed E-state index contributed by atoms with van der Waals surface area (Å²) >= 11 is 1.05. The van der Waals surface area contributed by atoms with Gasteiger partial charge in [0.05, 0.1) is 30.7 Å². The number of aryl methyl sites for hydroxylation is 1. The van der Waals surface area contributed by atoms with Crippen molar-refractivity contribution >= 4 is 33.0 Å². The molecular formula is C15H17N3O4S2. The zero-order valence-corrected chi connectivity index (χ0v) is 14.7. The molecule has 1 fully saturated rings. The molecule has 0 aromatic carbocycles. The number of thiophene rings is 1. The first kappa shape index (κ1) is 17.0. The molecule has 9 heteroatoms. The number of hydrogen-bond donors (Lipinski definition) is 1. The molecule has 1 saturated heterocycles. The molecule has 1 N–H and O–H groups in total. The number of ether oxygens (including phenoxy) is 1. The minimum atomic E-state index is -3.58. The van der Waals surface area contributed by atoms with Crippen molar-refractivity contribution in [3.05, 3.63) is 41.0 Å². The number of pyridine rings is 1. The van der Waals surface area contributed by atoms with E-state index in [9.17, 15) is 13.2 Å². The van der Waals surface area contributed by atoms with E-state index in [1.165, 1.54) is 10.4 Å². The molecule has 0 spiro atoms. The van der Waals surface area contributed by atoms with Gasteiger partial charge in [0.25, 0.3) is 15.9 Å². The summed E-state index contributed by atoms with van der Waals surface area (Å²) < 4.78 is 31.9. The SMILES string of the molecule is Cc1ccncc1NC(=O)c1csc(S(=O)(=O)N2CCOCC2)c1. The smallest absolute Gasteiger partial charge is 0.256 e. The number of rotatable bonds is 4. The van der Waals surface area contributed by atoms with Gasteiger partial charge >= 0.3 is 0 Å². The van der Waals surface area contributed by atoms with Gasteiger partial charge in [0.1, 0.15) is 4.21 Å². The van der Waals surface area contributed by atoms with Crippen LogP contribution in [-0.2, 0) is 14.8 Å². The molecule has 128 valence electrons. The summed E-state index contributed by atoms with van der Waals surface area (Å²) in [6.07, 6.45) is 3.20. The molecule has 0 bridgehead atoms. The van der Waals surface area contributed by atoms with Crippen molar-refractivity contribution in [2.75, 3.05) is 31.6 Å². The van der Waals surface area contributed by atoms with E-state index in [4.69, 9.17) is 4.74 Å². The predicted molar refractivity (Wildman–Crippen MR) is 90.8 cm³/mol. The molecule has 3 heterocycles. The number of hydrogen-bond acceptors (Lipinski definition) is 6. The number of anilines is 1. The highest BCUT2D eigenvalue weighted by Crippen LogP contribution is 2.25. The summed E-state index contributed by atoms with van der Waals surface area (Å²) in [6.45, 7) is 3.29. The van der Waals surface area contributed by atoms with Gasteiger partial charge in [-0.25, -0.2) is 8.42 Å². The number of aromatic nitrogens is 1. The Labute approximate surface area is 144 Å². The van der Waals surface area contributed by atoms with Crippen LogP contribution in [0.3, 0.4) is 0 Å². The van der Waals surface area contributed by atoms with E-state index in [-0.39, 0.29) is 10.1 Å². The third-order valence-electron chi connectivity index (χ3n) is 3.69. The molecule has 0 radical (unpaired) electrons. The van der Waals surface area contributed by atoms with Gasteiger partial charge in [-0.15, -0.1) is 11.3 Å². The van der Waals surface area contributed by atoms with Gasteiger partial charge in [-0.05, 0) is 24.6 Å². The van der Waals surface area contributed by atoms with Crippen LogP contribution in [0.25, 0.3) is 0 Å². The second-order valence-electron chi connectivity index (χ2n) is 5.32. The van der Waals surface area contributed by atoms with Crippen molar-refractivity contribution < 1.29 is 17.9 Å². The van der Waals surface area contributed by atoms with E-state index in [1.54, 1.807) is 23.8 Å². The predicted octanol–water partition coefficient (Wildman–Crippen LogP) is 1.72. The highest BCUT2D eigenvalue weighted by atomic mass is 32.2. The molecule has 1 aliphatic heterocycles. The number of nitrogens with one attached hydrogen (secondary N) is 1. The normalized spacial score (nSPS) is 16.0. The molecule has 7 nitrogen and oxygen atoms in total. The van der Waals surface area contributed by atoms with Crippen molar-refractivity contribution in [3.63, 3.8) is 0 Å². The van der Waals surface area contributed by atoms with Gasteiger partial charge in [-0.2, -0.15) is 4.31 Å². The molecule has 0 aliphatic carbocycles. The van der Waals surface area contributed by atoms with Crippen LogP contribution in [-0.4, -0.2) is 49.9 Å². The second kappa shape index (κ2) is 6.98. The standard InChI is InChI=1S/C15H17N3O4S2/c1-11-2-3-16-9-13(11)17-15(19)12-8-14(23-10-12)24(20,21)18-4-6-22-7-5-18/h2-3,8-10H,4-7H2,1H3,(H,17,19). The average Bonchev–Trinajstić information content (AvgIpc) is 3.09. The number of nitrogens with zero attached hydrogens (tertiary/aromatic N) is 2. The molecule has 3 rings (SSSR count). The van der Waals surface area contributed by atoms with Gasteiger partial charge < -0.3 is 10.1 Å². The van der Waals surface area contributed by atoms with Crippen molar-refractivity contribution in [1.82, 2.24) is 9.29 Å². The number of carbonyl (C=O) groups excluding carboxylic acids is 1. The second-order valence-corrected chi connectivity index (χ2v) is 8.39. The molecule has 0 saturated carbocycles. The zero-order valence-electron chi connectivity index (χ0n) is 13.1. The number of amides is 1. The van der Waals surface area contributed by atoms with Gasteiger partial charge in [-0.3, -0.25) is 9.78 Å². The third kappa shape index (κ3) is 3.48. The zero-order chi connectivity index (χ0) is 17.2. The Morgan fingerprint density at radius 1 is 1.38 bits per heavy atom. The maximum absolute atomic E-state index is 12.6. The molecular weight excluding hydrogens is 350 g/mol. The van der Waals surface area contributed by atoms with E-state index in [2.05, 4.69) is 10.3 Å². The topological polar surface area (TPSA) is 88.6 Å². The average molecular weight is 367 g/mol. The largest absolute Gasteiger partial charge is 0.379 e. The van der Waals surface area contributed by atoms with Crippen LogP contribution in [0.15, 0.2) is 34.1 Å². The fraction of sp³-hybridized carbons (Fsp3) is 0.333. The first-order valence-corrected chi connectivity index (χ1v) is 9.69. The Morgan fingerprint density at radius 2 is 2.12 bits per heavy atom. The van der Waals surface area contributed by atoms with Crippen LogP contribution < -0.4 is 5.32 Å². The quantitative estimate of drug-likeness (QED) is 0.889. The summed E-state index contributed by atoms with van der Waals surface area (Å²) in [7, 11) is -3.58. The Balaban J connectivity index is 1.77. The van der Waals surface area contributed by atoms with Crippen LogP contribution in [0.4, 0.5) is 5.69 Å². The summed E-state index contributed by atoms with van der Waals surface area (Å²) in [5, 5.41) is 4.30. The minimum absolute atomic E-state index is 0.164. The fourth-order valence-electron chi connectivity index (χ4n) is 2.27. The van der Waals surface area contributed by atoms with Crippen LogP contribution >= 0.6 is 11.3 Å². The third-order valence-corrected chi connectivity index (χ3v) is 7.00. The van der Waals surface area contributed by atoms with E-state index < -0.39 is 10.0 Å². The van der Waals surface area contributed by atoms with Crippen LogP contribution in [0, 0.1) is 6.92 Å². The molecule has 0 unspecified atom stereocenters. The lowest BCUT2D eigenvalue weighted by atomic mass is 10.2. The highest BCUT2D eigenvalue weighted by molar-refractivity contribution is 7.91. The summed E-state index contributed by atoms with van der Waals surface area (Å²) in [5.74, 6) is -0.356. The molecule has 2 aromatic heterocycles. The summed E-state index contributed by atoms with van der Waals surface area (Å²) in [4.78, 5) is 16.3. The lowest BCUT2D eigenvalue weighted by Crippen LogP contribution is -2.40. The maximum Gasteiger partial charge on any atom is 0.256 e. The first-order valence-electron chi connectivity index (χ1n) is 7.37. The fourth-order valence-corrected chi connectivity index (χ4v) is 4.99. The van der Waals surface area contributed by atoms with Crippen molar-refractivity contribution in [2.24, 2.45) is 0 Å². The summed E-state index contributed by atoms with van der Waals surface area (Å²) in [5.41, 5.74) is 1.80. The van der Waals surface area contributed by atoms with E-state index in [0.29, 0.717) is 37.6 Å². The Bertz CT molecular complexity index is 842. The molecule has 2 aromatic rings. The van der Waals surface area contributed by atoms with Crippen LogP contribution in [0.2, 0.25) is 0 Å². The lowest BCUT2D eigenvalue weighted by Gasteiger charge is -2.25. The van der Waals surface area contributed by atoms with E-state index in [0.717, 1.165) is 16.9 Å². The summed E-state index contributed by atoms with van der Waals surface area (Å²) in [6, 6.07) is 3.20. The minimum Gasteiger partial charge on any atom is -0.379 e. The maximum atomic E-state index is 12.6. The molecule has 1 aliphatic rings. The van der Waals surface area contributed by atoms with Crippen LogP contribution in [0.5, 0.6) is 0 Å². The Kier molecular flexibility index (Phi) is 4.95. The van der Waals surface area contributed by atoms with Gasteiger partial charge in [-0.1, -0.05) is 0 Å².